The molecule has 0 saturated heterocycles. The number of rotatable bonds is 3. The average Bonchev–Trinajstić information content (AvgIpc) is 2.95. The highest BCUT2D eigenvalue weighted by Crippen LogP contribution is 2.23. The van der Waals surface area contributed by atoms with Crippen molar-refractivity contribution in [2.45, 2.75) is 0 Å². The van der Waals surface area contributed by atoms with Crippen LogP contribution in [0.1, 0.15) is 10.5 Å². The molecule has 0 aliphatic rings. The quantitative estimate of drug-likeness (QED) is 0.748. The second-order valence-corrected chi connectivity index (χ2v) is 4.93. The molecule has 0 spiro atoms. The number of hydrogen-bond donors (Lipinski definition) is 1. The van der Waals surface area contributed by atoms with Gasteiger partial charge in [0.2, 0.25) is 0 Å². The number of ether oxygens (including phenoxy) is 1. The zero-order valence-electron chi connectivity index (χ0n) is 10.7. The van der Waals surface area contributed by atoms with Crippen LogP contribution in [0.4, 0.5) is 10.8 Å². The Labute approximate surface area is 119 Å². The van der Waals surface area contributed by atoms with E-state index in [0.29, 0.717) is 10.8 Å². The van der Waals surface area contributed by atoms with E-state index in [9.17, 15) is 4.79 Å². The molecule has 0 aliphatic carbocycles. The van der Waals surface area contributed by atoms with Gasteiger partial charge < -0.3 is 10.1 Å². The predicted octanol–water partition coefficient (Wildman–Crippen LogP) is 3.22. The molecule has 3 aromatic rings. The lowest BCUT2D eigenvalue weighted by molar-refractivity contribution is 0.0595. The highest BCUT2D eigenvalue weighted by molar-refractivity contribution is 7.14. The molecule has 0 fully saturated rings. The minimum Gasteiger partial charge on any atom is -0.464 e. The molecule has 0 aliphatic heterocycles. The molecular weight excluding hydrogens is 274 g/mol. The Morgan fingerprint density at radius 2 is 2.20 bits per heavy atom. The molecular formula is C14H11N3O2S. The summed E-state index contributed by atoms with van der Waals surface area (Å²) >= 11 is 1.34. The zero-order chi connectivity index (χ0) is 13.9. The van der Waals surface area contributed by atoms with Crippen molar-refractivity contribution in [1.29, 1.82) is 0 Å². The normalized spacial score (nSPS) is 10.4. The van der Waals surface area contributed by atoms with E-state index in [1.54, 1.807) is 11.6 Å². The summed E-state index contributed by atoms with van der Waals surface area (Å²) < 4.78 is 4.62. The first-order chi connectivity index (χ1) is 9.76. The Balaban J connectivity index is 1.85. The fourth-order valence-corrected chi connectivity index (χ4v) is 2.49. The summed E-state index contributed by atoms with van der Waals surface area (Å²) in [4.78, 5) is 19.9. The van der Waals surface area contributed by atoms with E-state index in [1.807, 2.05) is 30.3 Å². The van der Waals surface area contributed by atoms with Gasteiger partial charge >= 0.3 is 5.97 Å². The first-order valence-electron chi connectivity index (χ1n) is 5.92. The maximum atomic E-state index is 11.3. The Kier molecular flexibility index (Phi) is 3.30. The molecule has 1 aromatic carbocycles. The van der Waals surface area contributed by atoms with Crippen molar-refractivity contribution in [3.05, 3.63) is 47.6 Å². The molecule has 0 amide bonds. The van der Waals surface area contributed by atoms with Gasteiger partial charge in [0, 0.05) is 10.8 Å². The van der Waals surface area contributed by atoms with Crippen LogP contribution in [-0.2, 0) is 4.74 Å². The SMILES string of the molecule is COC(=O)c1csc(Nc2cnc3ccccc3c2)n1. The van der Waals surface area contributed by atoms with Crippen molar-refractivity contribution in [2.75, 3.05) is 12.4 Å². The molecule has 3 rings (SSSR count). The van der Waals surface area contributed by atoms with E-state index in [0.717, 1.165) is 16.6 Å². The van der Waals surface area contributed by atoms with Gasteiger partial charge in [-0.1, -0.05) is 18.2 Å². The van der Waals surface area contributed by atoms with Gasteiger partial charge in [0.1, 0.15) is 0 Å². The lowest BCUT2D eigenvalue weighted by atomic mass is 10.2. The van der Waals surface area contributed by atoms with Crippen molar-refractivity contribution in [3.63, 3.8) is 0 Å². The number of nitrogens with one attached hydrogen (secondary N) is 1. The van der Waals surface area contributed by atoms with Crippen molar-refractivity contribution < 1.29 is 9.53 Å². The molecule has 0 unspecified atom stereocenters. The summed E-state index contributed by atoms with van der Waals surface area (Å²) in [5.41, 5.74) is 2.07. The fourth-order valence-electron chi connectivity index (χ4n) is 1.79. The van der Waals surface area contributed by atoms with E-state index in [-0.39, 0.29) is 0 Å². The van der Waals surface area contributed by atoms with Gasteiger partial charge in [-0.2, -0.15) is 0 Å². The van der Waals surface area contributed by atoms with E-state index in [4.69, 9.17) is 0 Å². The minimum atomic E-state index is -0.439. The van der Waals surface area contributed by atoms with Crippen LogP contribution in [-0.4, -0.2) is 23.0 Å². The Morgan fingerprint density at radius 3 is 3.05 bits per heavy atom. The fraction of sp³-hybridized carbons (Fsp3) is 0.0714. The largest absolute Gasteiger partial charge is 0.464 e. The molecule has 5 nitrogen and oxygen atoms in total. The number of thiazole rings is 1. The number of aromatic nitrogens is 2. The van der Waals surface area contributed by atoms with Crippen molar-refractivity contribution in [3.8, 4) is 0 Å². The zero-order valence-corrected chi connectivity index (χ0v) is 11.5. The molecule has 2 heterocycles. The minimum absolute atomic E-state index is 0.300. The number of benzene rings is 1. The van der Waals surface area contributed by atoms with Crippen LogP contribution in [0, 0.1) is 0 Å². The first kappa shape index (κ1) is 12.6. The standard InChI is InChI=1S/C14H11N3O2S/c1-19-13(18)12-8-20-14(17-12)16-10-6-9-4-2-3-5-11(9)15-7-10/h2-8H,1H3,(H,16,17). The number of hydrogen-bond acceptors (Lipinski definition) is 6. The molecule has 6 heteroatoms. The van der Waals surface area contributed by atoms with Gasteiger partial charge in [0.25, 0.3) is 0 Å². The monoisotopic (exact) mass is 285 g/mol. The lowest BCUT2D eigenvalue weighted by Crippen LogP contribution is -2.01. The predicted molar refractivity (Wildman–Crippen MR) is 78.5 cm³/mol. The Hall–Kier alpha value is -2.47. The Bertz CT molecular complexity index is 770. The summed E-state index contributed by atoms with van der Waals surface area (Å²) in [6.45, 7) is 0. The third kappa shape index (κ3) is 2.46. The van der Waals surface area contributed by atoms with Gasteiger partial charge in [-0.15, -0.1) is 11.3 Å². The molecule has 0 radical (unpaired) electrons. The van der Waals surface area contributed by atoms with Crippen LogP contribution in [0.5, 0.6) is 0 Å². The second-order valence-electron chi connectivity index (χ2n) is 4.07. The van der Waals surface area contributed by atoms with Crippen LogP contribution in [0.25, 0.3) is 10.9 Å². The molecule has 0 saturated carbocycles. The number of carbonyl (C=O) groups excluding carboxylic acids is 1. The van der Waals surface area contributed by atoms with Crippen LogP contribution in [0.3, 0.4) is 0 Å². The molecule has 20 heavy (non-hydrogen) atoms. The molecule has 0 bridgehead atoms. The van der Waals surface area contributed by atoms with Crippen LogP contribution in [0.15, 0.2) is 41.9 Å². The van der Waals surface area contributed by atoms with Crippen molar-refractivity contribution in [1.82, 2.24) is 9.97 Å². The van der Waals surface area contributed by atoms with Crippen LogP contribution < -0.4 is 5.32 Å². The molecule has 2 aromatic heterocycles. The number of anilines is 2. The summed E-state index contributed by atoms with van der Waals surface area (Å²) in [6.07, 6.45) is 1.74. The van der Waals surface area contributed by atoms with Crippen LogP contribution in [0.2, 0.25) is 0 Å². The first-order valence-corrected chi connectivity index (χ1v) is 6.80. The van der Waals surface area contributed by atoms with Gasteiger partial charge in [-0.25, -0.2) is 9.78 Å². The summed E-state index contributed by atoms with van der Waals surface area (Å²) in [7, 11) is 1.34. The summed E-state index contributed by atoms with van der Waals surface area (Å²) in [6, 6.07) is 9.85. The number of nitrogens with zero attached hydrogens (tertiary/aromatic N) is 2. The Morgan fingerprint density at radius 1 is 1.35 bits per heavy atom. The lowest BCUT2D eigenvalue weighted by Gasteiger charge is -2.03. The second kappa shape index (κ2) is 5.26. The van der Waals surface area contributed by atoms with E-state index >= 15 is 0 Å². The highest BCUT2D eigenvalue weighted by Gasteiger charge is 2.10. The number of para-hydroxylation sites is 1. The van der Waals surface area contributed by atoms with Crippen LogP contribution >= 0.6 is 11.3 Å². The number of fused-ring (bicyclic) bond motifs is 1. The number of methoxy groups -OCH3 is 1. The average molecular weight is 285 g/mol. The van der Waals surface area contributed by atoms with Crippen molar-refractivity contribution in [2.24, 2.45) is 0 Å². The number of esters is 1. The molecule has 1 N–H and O–H groups in total. The molecule has 100 valence electrons. The third-order valence-electron chi connectivity index (χ3n) is 2.74. The molecule has 0 atom stereocenters. The summed E-state index contributed by atoms with van der Waals surface area (Å²) in [5.74, 6) is -0.439. The van der Waals surface area contributed by atoms with Gasteiger partial charge in [-0.3, -0.25) is 4.98 Å². The summed E-state index contributed by atoms with van der Waals surface area (Å²) in [5, 5.41) is 6.46. The van der Waals surface area contributed by atoms with Crippen molar-refractivity contribution >= 4 is 39.0 Å². The topological polar surface area (TPSA) is 64.1 Å². The van der Waals surface area contributed by atoms with Gasteiger partial charge in [0.15, 0.2) is 10.8 Å². The van der Waals surface area contributed by atoms with E-state index in [1.165, 1.54) is 18.4 Å². The van der Waals surface area contributed by atoms with Gasteiger partial charge in [0.05, 0.1) is 24.5 Å². The highest BCUT2D eigenvalue weighted by atomic mass is 32.1. The smallest absolute Gasteiger partial charge is 0.357 e. The third-order valence-corrected chi connectivity index (χ3v) is 3.50. The number of pyridine rings is 1. The number of carbonyl (C=O) groups is 1. The maximum absolute atomic E-state index is 11.3. The van der Waals surface area contributed by atoms with E-state index in [2.05, 4.69) is 20.0 Å². The van der Waals surface area contributed by atoms with E-state index < -0.39 is 5.97 Å². The van der Waals surface area contributed by atoms with Gasteiger partial charge in [-0.05, 0) is 12.1 Å². The maximum Gasteiger partial charge on any atom is 0.357 e.